The molecule has 5 rings (SSSR count). The number of hydrogen-bond acceptors (Lipinski definition) is 3. The lowest BCUT2D eigenvalue weighted by molar-refractivity contribution is 0.0711. The minimum atomic E-state index is -0.242. The summed E-state index contributed by atoms with van der Waals surface area (Å²) in [4.78, 5) is 2.53. The van der Waals surface area contributed by atoms with Crippen LogP contribution in [0.15, 0.2) is 40.8 Å². The summed E-state index contributed by atoms with van der Waals surface area (Å²) in [7, 11) is 0. The monoisotopic (exact) mass is 300 g/mol. The Morgan fingerprint density at radius 2 is 1.95 bits per heavy atom. The Morgan fingerprint density at radius 1 is 1.14 bits per heavy atom. The maximum Gasteiger partial charge on any atom is 0.137 e. The Kier molecular flexibility index (Phi) is 3.72. The van der Waals surface area contributed by atoms with Crippen LogP contribution in [0.4, 0.5) is 4.39 Å². The second-order valence-electron chi connectivity index (χ2n) is 6.37. The molecule has 22 heavy (non-hydrogen) atoms. The lowest BCUT2D eigenvalue weighted by Crippen LogP contribution is -2.55. The highest BCUT2D eigenvalue weighted by atomic mass is 19.1. The molecule has 3 aliphatic heterocycles. The average Bonchev–Trinajstić information content (AvgIpc) is 3.03. The fraction of sp³-hybridized carbons (Fsp3) is 0.444. The number of piperidine rings is 3. The molecule has 0 spiro atoms. The molecule has 3 saturated heterocycles. The first-order valence-corrected chi connectivity index (χ1v) is 8.09. The van der Waals surface area contributed by atoms with Crippen molar-refractivity contribution >= 4 is 0 Å². The Balaban J connectivity index is 1.41. The van der Waals surface area contributed by atoms with Gasteiger partial charge in [-0.25, -0.2) is 4.39 Å². The predicted octanol–water partition coefficient (Wildman–Crippen LogP) is 3.27. The van der Waals surface area contributed by atoms with Crippen molar-refractivity contribution in [2.24, 2.45) is 5.92 Å². The number of furan rings is 1. The normalized spacial score (nSPS) is 27.2. The summed E-state index contributed by atoms with van der Waals surface area (Å²) in [5, 5.41) is 3.62. The summed E-state index contributed by atoms with van der Waals surface area (Å²) in [6.07, 6.45) is 2.60. The first kappa shape index (κ1) is 14.0. The van der Waals surface area contributed by atoms with Crippen molar-refractivity contribution < 1.29 is 8.81 Å². The topological polar surface area (TPSA) is 28.4 Å². The zero-order valence-electron chi connectivity index (χ0n) is 12.6. The van der Waals surface area contributed by atoms with Crippen molar-refractivity contribution in [1.82, 2.24) is 10.2 Å². The van der Waals surface area contributed by atoms with Crippen molar-refractivity contribution in [3.8, 4) is 11.3 Å². The van der Waals surface area contributed by atoms with E-state index in [9.17, 15) is 4.39 Å². The quantitative estimate of drug-likeness (QED) is 0.939. The van der Waals surface area contributed by atoms with E-state index in [1.165, 1.54) is 32.0 Å². The second kappa shape index (κ2) is 5.86. The van der Waals surface area contributed by atoms with Gasteiger partial charge in [-0.1, -0.05) is 12.1 Å². The Bertz CT molecular complexity index is 646. The molecule has 0 unspecified atom stereocenters. The SMILES string of the molecule is Fc1ccccc1-c1ccc(CN[C@@H]2CN3CCC2CC3)o1. The van der Waals surface area contributed by atoms with Gasteiger partial charge >= 0.3 is 0 Å². The van der Waals surface area contributed by atoms with E-state index in [4.69, 9.17) is 4.42 Å². The van der Waals surface area contributed by atoms with Crippen LogP contribution in [0.25, 0.3) is 11.3 Å². The van der Waals surface area contributed by atoms with E-state index in [2.05, 4.69) is 10.2 Å². The third-order valence-corrected chi connectivity index (χ3v) is 5.00. The zero-order chi connectivity index (χ0) is 14.9. The zero-order valence-corrected chi connectivity index (χ0v) is 12.6. The van der Waals surface area contributed by atoms with E-state index in [0.29, 0.717) is 23.9 Å². The molecule has 116 valence electrons. The van der Waals surface area contributed by atoms with E-state index in [1.807, 2.05) is 18.2 Å². The van der Waals surface area contributed by atoms with E-state index in [1.54, 1.807) is 12.1 Å². The molecule has 1 aromatic carbocycles. The summed E-state index contributed by atoms with van der Waals surface area (Å²) in [5.41, 5.74) is 0.525. The van der Waals surface area contributed by atoms with E-state index in [-0.39, 0.29) is 5.82 Å². The van der Waals surface area contributed by atoms with Crippen molar-refractivity contribution in [2.45, 2.75) is 25.4 Å². The molecular weight excluding hydrogens is 279 g/mol. The van der Waals surface area contributed by atoms with Gasteiger partial charge < -0.3 is 14.6 Å². The maximum absolute atomic E-state index is 13.8. The van der Waals surface area contributed by atoms with Gasteiger partial charge in [0, 0.05) is 12.6 Å². The number of halogens is 1. The first-order valence-electron chi connectivity index (χ1n) is 8.09. The summed E-state index contributed by atoms with van der Waals surface area (Å²) in [6, 6.07) is 11.1. The number of nitrogens with one attached hydrogen (secondary N) is 1. The summed E-state index contributed by atoms with van der Waals surface area (Å²) < 4.78 is 19.6. The highest BCUT2D eigenvalue weighted by Crippen LogP contribution is 2.28. The molecule has 3 fully saturated rings. The first-order chi connectivity index (χ1) is 10.8. The largest absolute Gasteiger partial charge is 0.460 e. The Morgan fingerprint density at radius 3 is 2.68 bits per heavy atom. The van der Waals surface area contributed by atoms with E-state index in [0.717, 1.165) is 18.2 Å². The Hall–Kier alpha value is -1.65. The second-order valence-corrected chi connectivity index (χ2v) is 6.37. The van der Waals surface area contributed by atoms with Crippen LogP contribution < -0.4 is 5.32 Å². The van der Waals surface area contributed by atoms with Gasteiger partial charge in [0.15, 0.2) is 0 Å². The van der Waals surface area contributed by atoms with E-state index >= 15 is 0 Å². The van der Waals surface area contributed by atoms with Crippen molar-refractivity contribution in [3.63, 3.8) is 0 Å². The van der Waals surface area contributed by atoms with Gasteiger partial charge in [0.2, 0.25) is 0 Å². The minimum Gasteiger partial charge on any atom is -0.460 e. The Labute approximate surface area is 130 Å². The van der Waals surface area contributed by atoms with Crippen LogP contribution in [0.1, 0.15) is 18.6 Å². The molecule has 0 saturated carbocycles. The van der Waals surface area contributed by atoms with Gasteiger partial charge in [-0.2, -0.15) is 0 Å². The molecule has 1 aromatic heterocycles. The van der Waals surface area contributed by atoms with Gasteiger partial charge in [-0.3, -0.25) is 0 Å². The minimum absolute atomic E-state index is 0.242. The van der Waals surface area contributed by atoms with Crippen LogP contribution in [0.3, 0.4) is 0 Å². The fourth-order valence-electron chi connectivity index (χ4n) is 3.71. The van der Waals surface area contributed by atoms with Crippen LogP contribution in [-0.2, 0) is 6.54 Å². The number of benzene rings is 1. The van der Waals surface area contributed by atoms with Gasteiger partial charge in [-0.15, -0.1) is 0 Å². The lowest BCUT2D eigenvalue weighted by atomic mass is 9.84. The molecule has 3 nitrogen and oxygen atoms in total. The fourth-order valence-corrected chi connectivity index (χ4v) is 3.71. The molecule has 2 bridgehead atoms. The van der Waals surface area contributed by atoms with Crippen molar-refractivity contribution in [3.05, 3.63) is 48.0 Å². The molecule has 1 atom stereocenters. The van der Waals surface area contributed by atoms with Crippen LogP contribution in [-0.4, -0.2) is 30.6 Å². The molecule has 4 heteroatoms. The van der Waals surface area contributed by atoms with Crippen LogP contribution >= 0.6 is 0 Å². The van der Waals surface area contributed by atoms with Gasteiger partial charge in [0.05, 0.1) is 12.1 Å². The average molecular weight is 300 g/mol. The highest BCUT2D eigenvalue weighted by molar-refractivity contribution is 5.58. The lowest BCUT2D eigenvalue weighted by Gasteiger charge is -2.45. The smallest absolute Gasteiger partial charge is 0.137 e. The molecule has 2 aromatic rings. The van der Waals surface area contributed by atoms with Crippen LogP contribution in [0.5, 0.6) is 0 Å². The number of hydrogen-bond donors (Lipinski definition) is 1. The number of nitrogens with zero attached hydrogens (tertiary/aromatic N) is 1. The summed E-state index contributed by atoms with van der Waals surface area (Å²) >= 11 is 0. The number of rotatable bonds is 4. The maximum atomic E-state index is 13.8. The predicted molar refractivity (Wildman–Crippen MR) is 83.9 cm³/mol. The molecule has 1 N–H and O–H groups in total. The van der Waals surface area contributed by atoms with Crippen molar-refractivity contribution in [1.29, 1.82) is 0 Å². The standard InChI is InChI=1S/C18H21FN2O/c19-16-4-2-1-3-15(16)18-6-5-14(22-18)11-20-17-12-21-9-7-13(17)8-10-21/h1-6,13,17,20H,7-12H2/t17-/m1/s1. The third-order valence-electron chi connectivity index (χ3n) is 5.00. The molecule has 3 aliphatic rings. The highest BCUT2D eigenvalue weighted by Gasteiger charge is 2.33. The molecule has 0 radical (unpaired) electrons. The summed E-state index contributed by atoms with van der Waals surface area (Å²) in [6.45, 7) is 4.36. The molecule has 0 aliphatic carbocycles. The van der Waals surface area contributed by atoms with E-state index < -0.39 is 0 Å². The van der Waals surface area contributed by atoms with Crippen LogP contribution in [0, 0.1) is 11.7 Å². The van der Waals surface area contributed by atoms with Gasteiger partial charge in [0.25, 0.3) is 0 Å². The van der Waals surface area contributed by atoms with Crippen molar-refractivity contribution in [2.75, 3.05) is 19.6 Å². The molecular formula is C18H21FN2O. The third kappa shape index (κ3) is 2.69. The molecule has 0 amide bonds. The van der Waals surface area contributed by atoms with Gasteiger partial charge in [0.1, 0.15) is 17.3 Å². The number of fused-ring (bicyclic) bond motifs is 3. The summed E-state index contributed by atoms with van der Waals surface area (Å²) in [5.74, 6) is 2.03. The van der Waals surface area contributed by atoms with Gasteiger partial charge in [-0.05, 0) is 56.1 Å². The van der Waals surface area contributed by atoms with Crippen LogP contribution in [0.2, 0.25) is 0 Å². The molecule has 4 heterocycles.